The average Bonchev–Trinajstić information content (AvgIpc) is 2.96. The van der Waals surface area contributed by atoms with E-state index in [1.165, 1.54) is 7.05 Å². The summed E-state index contributed by atoms with van der Waals surface area (Å²) < 4.78 is 53.0. The topological polar surface area (TPSA) is 46.1 Å². The second-order valence-corrected chi connectivity index (χ2v) is 6.22. The van der Waals surface area contributed by atoms with Crippen molar-refractivity contribution in [1.82, 2.24) is 9.29 Å². The van der Waals surface area contributed by atoms with Crippen LogP contribution in [0.2, 0.25) is 0 Å². The fourth-order valence-corrected chi connectivity index (χ4v) is 2.77. The van der Waals surface area contributed by atoms with Gasteiger partial charge in [-0.2, -0.15) is 13.2 Å². The summed E-state index contributed by atoms with van der Waals surface area (Å²) in [6.45, 7) is -0.219. The lowest BCUT2D eigenvalue weighted by atomic mass is 10.1. The Morgan fingerprint density at radius 1 is 1.33 bits per heavy atom. The number of alkyl halides is 3. The van der Waals surface area contributed by atoms with E-state index in [0.29, 0.717) is 16.4 Å². The number of amides is 1. The predicted octanol–water partition coefficient (Wildman–Crippen LogP) is 4.62. The zero-order valence-corrected chi connectivity index (χ0v) is 14.6. The summed E-state index contributed by atoms with van der Waals surface area (Å²) >= 11 is 2.92. The fourth-order valence-electron chi connectivity index (χ4n) is 2.09. The van der Waals surface area contributed by atoms with Crippen LogP contribution < -0.4 is 10.6 Å². The number of benzene rings is 1. The highest BCUT2D eigenvalue weighted by Crippen LogP contribution is 2.34. The van der Waals surface area contributed by atoms with Crippen molar-refractivity contribution < 1.29 is 21.9 Å². The lowest BCUT2D eigenvalue weighted by Gasteiger charge is -2.13. The quantitative estimate of drug-likeness (QED) is 0.686. The maximum atomic E-state index is 13.0. The molecule has 1 amide bonds. The zero-order chi connectivity index (χ0) is 17.9. The Labute approximate surface area is 148 Å². The van der Waals surface area contributed by atoms with E-state index < -0.39 is 11.7 Å². The molecule has 4 nitrogen and oxygen atoms in total. The van der Waals surface area contributed by atoms with E-state index >= 15 is 0 Å². The lowest BCUT2D eigenvalue weighted by Crippen LogP contribution is -2.20. The van der Waals surface area contributed by atoms with Crippen molar-refractivity contribution in [3.05, 3.63) is 51.8 Å². The number of carbonyl (C=O) groups excluding carboxylic acids is 1. The molecule has 0 saturated heterocycles. The number of nitrogens with zero attached hydrogens (tertiary/aromatic N) is 1. The molecule has 0 saturated carbocycles. The van der Waals surface area contributed by atoms with Gasteiger partial charge in [-0.15, -0.1) is 3.89 Å². The van der Waals surface area contributed by atoms with Gasteiger partial charge < -0.3 is 10.6 Å². The summed E-state index contributed by atoms with van der Waals surface area (Å²) in [5.74, 6) is -0.377. The van der Waals surface area contributed by atoms with Gasteiger partial charge in [-0.3, -0.25) is 8.77 Å². The Kier molecular flexibility index (Phi) is 5.81. The minimum absolute atomic E-state index is 0.129. The molecule has 1 aromatic heterocycles. The van der Waals surface area contributed by atoms with E-state index in [4.69, 9.17) is 0 Å². The Bertz CT molecular complexity index is 748. The molecule has 2 rings (SSSR count). The summed E-state index contributed by atoms with van der Waals surface area (Å²) in [6, 6.07) is 4.77. The van der Waals surface area contributed by atoms with Gasteiger partial charge in [0.25, 0.3) is 5.91 Å². The van der Waals surface area contributed by atoms with Crippen molar-refractivity contribution in [2.45, 2.75) is 12.7 Å². The van der Waals surface area contributed by atoms with Crippen LogP contribution in [0.4, 0.5) is 22.7 Å². The highest BCUT2D eigenvalue weighted by Gasteiger charge is 2.35. The van der Waals surface area contributed by atoms with Crippen LogP contribution in [0, 0.1) is 0 Å². The van der Waals surface area contributed by atoms with Crippen LogP contribution in [0.1, 0.15) is 21.5 Å². The number of hydrogen-bond acceptors (Lipinski definition) is 3. The second-order valence-electron chi connectivity index (χ2n) is 4.75. The van der Waals surface area contributed by atoms with E-state index in [2.05, 4.69) is 26.6 Å². The van der Waals surface area contributed by atoms with Crippen LogP contribution in [0.25, 0.3) is 0 Å². The molecule has 0 aliphatic carbocycles. The van der Waals surface area contributed by atoms with Crippen molar-refractivity contribution in [3.63, 3.8) is 0 Å². The van der Waals surface area contributed by atoms with Crippen molar-refractivity contribution in [3.8, 4) is 0 Å². The minimum Gasteiger partial charge on any atom is -0.380 e. The van der Waals surface area contributed by atoms with E-state index in [9.17, 15) is 21.9 Å². The third kappa shape index (κ3) is 4.23. The first-order chi connectivity index (χ1) is 11.3. The van der Waals surface area contributed by atoms with Gasteiger partial charge in [-0.1, -0.05) is 15.9 Å². The molecular weight excluding hydrogens is 414 g/mol. The maximum Gasteiger partial charge on any atom is 0.418 e. The molecule has 10 heteroatoms. The molecule has 2 N–H and O–H groups in total. The molecule has 1 aromatic carbocycles. The molecule has 0 unspecified atom stereocenters. The van der Waals surface area contributed by atoms with Crippen LogP contribution in [0.3, 0.4) is 0 Å². The van der Waals surface area contributed by atoms with Crippen LogP contribution in [-0.4, -0.2) is 16.9 Å². The van der Waals surface area contributed by atoms with E-state index in [-0.39, 0.29) is 35.9 Å². The molecular formula is C14H12BrF4N3OS. The first kappa shape index (κ1) is 18.7. The SMILES string of the molecule is CNC(=O)c1ccc(Br)cc1NCc1cn(SF)cc1C(F)(F)F. The molecule has 24 heavy (non-hydrogen) atoms. The van der Waals surface area contributed by atoms with Gasteiger partial charge in [0.2, 0.25) is 0 Å². The van der Waals surface area contributed by atoms with Crippen LogP contribution in [0.5, 0.6) is 0 Å². The van der Waals surface area contributed by atoms with Gasteiger partial charge in [-0.25, -0.2) is 0 Å². The van der Waals surface area contributed by atoms with Gasteiger partial charge in [0.1, 0.15) is 0 Å². The number of hydrogen-bond donors (Lipinski definition) is 2. The third-order valence-corrected chi connectivity index (χ3v) is 4.06. The summed E-state index contributed by atoms with van der Waals surface area (Å²) in [5.41, 5.74) is -0.418. The van der Waals surface area contributed by atoms with Gasteiger partial charge in [0, 0.05) is 41.7 Å². The van der Waals surface area contributed by atoms with E-state index in [1.807, 2.05) is 0 Å². The molecule has 0 spiro atoms. The van der Waals surface area contributed by atoms with Crippen molar-refractivity contribution in [2.24, 2.45) is 0 Å². The van der Waals surface area contributed by atoms with Gasteiger partial charge in [-0.05, 0) is 18.2 Å². The van der Waals surface area contributed by atoms with Crippen LogP contribution in [0.15, 0.2) is 35.1 Å². The molecule has 0 radical (unpaired) electrons. The van der Waals surface area contributed by atoms with Gasteiger partial charge in [0.15, 0.2) is 12.3 Å². The average molecular weight is 426 g/mol. The highest BCUT2D eigenvalue weighted by atomic mass is 79.9. The normalized spacial score (nSPS) is 11.4. The Morgan fingerprint density at radius 2 is 2.04 bits per heavy atom. The number of nitrogens with one attached hydrogen (secondary N) is 2. The molecule has 0 aliphatic heterocycles. The lowest BCUT2D eigenvalue weighted by molar-refractivity contribution is -0.138. The first-order valence-electron chi connectivity index (χ1n) is 6.59. The number of rotatable bonds is 5. The highest BCUT2D eigenvalue weighted by molar-refractivity contribution is 9.10. The molecule has 0 bridgehead atoms. The Morgan fingerprint density at radius 3 is 2.62 bits per heavy atom. The standard InChI is InChI=1S/C14H12BrF4N3OS/c1-20-13(23)10-3-2-9(15)4-12(10)21-5-8-6-22(24-19)7-11(8)14(16,17)18/h2-4,6-7,21H,5H2,1H3,(H,20,23). The zero-order valence-electron chi connectivity index (χ0n) is 12.2. The van der Waals surface area contributed by atoms with Gasteiger partial charge >= 0.3 is 6.18 Å². The molecule has 0 aliphatic rings. The number of aromatic nitrogens is 1. The summed E-state index contributed by atoms with van der Waals surface area (Å²) in [7, 11) is 1.45. The van der Waals surface area contributed by atoms with Gasteiger partial charge in [0.05, 0.1) is 11.1 Å². The second kappa shape index (κ2) is 7.47. The van der Waals surface area contributed by atoms with Crippen molar-refractivity contribution in [1.29, 1.82) is 0 Å². The van der Waals surface area contributed by atoms with E-state index in [1.54, 1.807) is 18.2 Å². The molecule has 0 atom stereocenters. The summed E-state index contributed by atoms with van der Waals surface area (Å²) in [5, 5.41) is 5.26. The van der Waals surface area contributed by atoms with Crippen LogP contribution in [-0.2, 0) is 12.7 Å². The van der Waals surface area contributed by atoms with E-state index in [0.717, 1.165) is 10.2 Å². The molecule has 130 valence electrons. The smallest absolute Gasteiger partial charge is 0.380 e. The Balaban J connectivity index is 2.30. The van der Waals surface area contributed by atoms with Crippen LogP contribution >= 0.6 is 28.3 Å². The number of anilines is 1. The van der Waals surface area contributed by atoms with Crippen molar-refractivity contribution in [2.75, 3.05) is 12.4 Å². The number of halogens is 5. The monoisotopic (exact) mass is 425 g/mol. The number of carbonyl (C=O) groups is 1. The largest absolute Gasteiger partial charge is 0.418 e. The van der Waals surface area contributed by atoms with Crippen molar-refractivity contribution >= 4 is 39.9 Å². The molecule has 1 heterocycles. The molecule has 2 aromatic rings. The summed E-state index contributed by atoms with van der Waals surface area (Å²) in [6.07, 6.45) is -2.86. The fraction of sp³-hybridized carbons (Fsp3) is 0.214. The first-order valence-corrected chi connectivity index (χ1v) is 8.05. The minimum atomic E-state index is -4.60. The predicted molar refractivity (Wildman–Crippen MR) is 88.4 cm³/mol. The molecule has 0 fully saturated rings. The third-order valence-electron chi connectivity index (χ3n) is 3.19. The Hall–Kier alpha value is -1.68. The summed E-state index contributed by atoms with van der Waals surface area (Å²) in [4.78, 5) is 11.8. The maximum absolute atomic E-state index is 13.0.